The van der Waals surface area contributed by atoms with Gasteiger partial charge >= 0.3 is 11.9 Å². The first-order chi connectivity index (χ1) is 17.1. The molecule has 0 aromatic rings. The second-order valence-electron chi connectivity index (χ2n) is 10.0. The van der Waals surface area contributed by atoms with Gasteiger partial charge in [0.25, 0.3) is 0 Å². The number of ether oxygens (including phenoxy) is 1. The number of esters is 1. The van der Waals surface area contributed by atoms with E-state index in [-0.39, 0.29) is 13.0 Å². The summed E-state index contributed by atoms with van der Waals surface area (Å²) in [5.74, 6) is -1.98. The molecule has 0 aliphatic rings. The minimum atomic E-state index is -0.901. The van der Waals surface area contributed by atoms with Gasteiger partial charge in [0.05, 0.1) is 12.3 Å². The van der Waals surface area contributed by atoms with Crippen LogP contribution in [0.1, 0.15) is 148 Å². The molecule has 0 heterocycles. The Kier molecular flexibility index (Phi) is 25.8. The lowest BCUT2D eigenvalue weighted by atomic mass is 9.97. The molecule has 0 rings (SSSR count). The van der Waals surface area contributed by atoms with Gasteiger partial charge in [-0.3, -0.25) is 9.59 Å². The van der Waals surface area contributed by atoms with Gasteiger partial charge < -0.3 is 9.84 Å². The first-order valence-corrected chi connectivity index (χ1v) is 14.8. The molecule has 1 atom stereocenters. The number of allylic oxidation sites excluding steroid dienone is 2. The Morgan fingerprint density at radius 1 is 0.714 bits per heavy atom. The molecule has 0 aromatic heterocycles. The summed E-state index contributed by atoms with van der Waals surface area (Å²) in [5, 5.41) is 9.29. The van der Waals surface area contributed by atoms with Crippen LogP contribution in [0.3, 0.4) is 0 Å². The zero-order valence-electron chi connectivity index (χ0n) is 23.0. The molecule has 0 amide bonds. The van der Waals surface area contributed by atoms with Gasteiger partial charge in [-0.2, -0.15) is 0 Å². The zero-order valence-corrected chi connectivity index (χ0v) is 23.0. The highest BCUT2D eigenvalue weighted by Gasteiger charge is 2.21. The quantitative estimate of drug-likeness (QED) is 0.0704. The van der Waals surface area contributed by atoms with Crippen molar-refractivity contribution in [2.45, 2.75) is 148 Å². The SMILES string of the molecule is C=CCOC(=O)CC(CCCCCCCCCCCCCCCCCCCC/C=C/CC)C(=O)O. The van der Waals surface area contributed by atoms with Crippen LogP contribution in [0.4, 0.5) is 0 Å². The van der Waals surface area contributed by atoms with Gasteiger partial charge in [-0.1, -0.05) is 141 Å². The third-order valence-corrected chi connectivity index (χ3v) is 6.70. The number of hydrogen-bond donors (Lipinski definition) is 1. The molecular weight excluding hydrogens is 436 g/mol. The Morgan fingerprint density at radius 3 is 1.54 bits per heavy atom. The number of carboxylic acids is 1. The number of carbonyl (C=O) groups excluding carboxylic acids is 1. The molecule has 0 aliphatic carbocycles. The second kappa shape index (κ2) is 27.0. The minimum absolute atomic E-state index is 0.0411. The van der Waals surface area contributed by atoms with E-state index in [0.29, 0.717) is 6.42 Å². The fourth-order valence-electron chi connectivity index (χ4n) is 4.49. The zero-order chi connectivity index (χ0) is 25.8. The number of rotatable bonds is 27. The largest absolute Gasteiger partial charge is 0.481 e. The first-order valence-electron chi connectivity index (χ1n) is 14.8. The normalized spacial score (nSPS) is 12.1. The lowest BCUT2D eigenvalue weighted by molar-refractivity contribution is -0.151. The molecule has 0 bridgehead atoms. The highest BCUT2D eigenvalue weighted by Crippen LogP contribution is 2.18. The summed E-state index contributed by atoms with van der Waals surface area (Å²) in [6.45, 7) is 5.83. The Morgan fingerprint density at radius 2 is 1.14 bits per heavy atom. The first kappa shape index (κ1) is 33.4. The van der Waals surface area contributed by atoms with Crippen LogP contribution in [0.15, 0.2) is 24.8 Å². The Balaban J connectivity index is 3.34. The van der Waals surface area contributed by atoms with Crippen LogP contribution in [0.25, 0.3) is 0 Å². The van der Waals surface area contributed by atoms with Gasteiger partial charge in [0, 0.05) is 0 Å². The van der Waals surface area contributed by atoms with E-state index in [2.05, 4.69) is 25.7 Å². The molecule has 4 nitrogen and oxygen atoms in total. The van der Waals surface area contributed by atoms with E-state index < -0.39 is 17.9 Å². The van der Waals surface area contributed by atoms with Crippen molar-refractivity contribution < 1.29 is 19.4 Å². The second-order valence-corrected chi connectivity index (χ2v) is 10.0. The summed E-state index contributed by atoms with van der Waals surface area (Å²) in [6.07, 6.45) is 32.7. The van der Waals surface area contributed by atoms with Gasteiger partial charge in [-0.15, -0.1) is 0 Å². The van der Waals surface area contributed by atoms with Gasteiger partial charge in [0.2, 0.25) is 0 Å². The molecule has 4 heteroatoms. The van der Waals surface area contributed by atoms with Crippen LogP contribution < -0.4 is 0 Å². The van der Waals surface area contributed by atoms with Crippen molar-refractivity contribution in [3.05, 3.63) is 24.8 Å². The van der Waals surface area contributed by atoms with Crippen molar-refractivity contribution in [3.63, 3.8) is 0 Å². The number of carbonyl (C=O) groups is 2. The number of aliphatic carboxylic acids is 1. The van der Waals surface area contributed by atoms with E-state index in [4.69, 9.17) is 4.74 Å². The maximum atomic E-state index is 11.6. The number of hydrogen-bond acceptors (Lipinski definition) is 3. The lowest BCUT2D eigenvalue weighted by Gasteiger charge is -2.11. The van der Waals surface area contributed by atoms with E-state index >= 15 is 0 Å². The van der Waals surface area contributed by atoms with E-state index in [1.54, 1.807) is 0 Å². The summed E-state index contributed by atoms with van der Waals surface area (Å²) in [7, 11) is 0. The molecule has 35 heavy (non-hydrogen) atoms. The fourth-order valence-corrected chi connectivity index (χ4v) is 4.49. The van der Waals surface area contributed by atoms with Crippen molar-refractivity contribution in [2.75, 3.05) is 6.61 Å². The van der Waals surface area contributed by atoms with Gasteiger partial charge in [0.15, 0.2) is 0 Å². The van der Waals surface area contributed by atoms with Gasteiger partial charge in [0.1, 0.15) is 6.61 Å². The van der Waals surface area contributed by atoms with Crippen LogP contribution in [0, 0.1) is 5.92 Å². The summed E-state index contributed by atoms with van der Waals surface area (Å²) in [6, 6.07) is 0. The predicted molar refractivity (Wildman–Crippen MR) is 149 cm³/mol. The van der Waals surface area contributed by atoms with E-state index in [0.717, 1.165) is 19.3 Å². The molecule has 0 fully saturated rings. The molecule has 0 aromatic carbocycles. The fraction of sp³-hybridized carbons (Fsp3) is 0.806. The standard InChI is InChI=1S/C31H56O4/c1-3-5-6-7-8-9-10-11-12-13-14-15-16-17-18-19-20-21-22-23-24-25-26-29(31(33)34)28-30(32)35-27-4-2/h4-6,29H,2-3,7-28H2,1H3,(H,33,34)/b6-5+. The maximum absolute atomic E-state index is 11.6. The van der Waals surface area contributed by atoms with Crippen LogP contribution in [-0.4, -0.2) is 23.7 Å². The molecule has 0 saturated heterocycles. The highest BCUT2D eigenvalue weighted by molar-refractivity contribution is 5.78. The van der Waals surface area contributed by atoms with Crippen molar-refractivity contribution in [2.24, 2.45) is 5.92 Å². The van der Waals surface area contributed by atoms with Crippen molar-refractivity contribution in [3.8, 4) is 0 Å². The predicted octanol–water partition coefficient (Wildman–Crippen LogP) is 9.57. The molecule has 1 unspecified atom stereocenters. The van der Waals surface area contributed by atoms with E-state index in [1.807, 2.05) is 0 Å². The maximum Gasteiger partial charge on any atom is 0.307 e. The topological polar surface area (TPSA) is 63.6 Å². The van der Waals surface area contributed by atoms with Crippen LogP contribution in [0.2, 0.25) is 0 Å². The molecule has 0 spiro atoms. The summed E-state index contributed by atoms with van der Waals surface area (Å²) < 4.78 is 4.90. The van der Waals surface area contributed by atoms with Gasteiger partial charge in [-0.25, -0.2) is 0 Å². The Labute approximate surface area is 217 Å². The van der Waals surface area contributed by atoms with E-state index in [1.165, 1.54) is 115 Å². The number of carboxylic acid groups (broad SMARTS) is 1. The van der Waals surface area contributed by atoms with Crippen LogP contribution >= 0.6 is 0 Å². The van der Waals surface area contributed by atoms with Gasteiger partial charge in [-0.05, 0) is 25.7 Å². The van der Waals surface area contributed by atoms with Crippen molar-refractivity contribution >= 4 is 11.9 Å². The molecular formula is C31H56O4. The molecule has 1 N–H and O–H groups in total. The van der Waals surface area contributed by atoms with Crippen LogP contribution in [-0.2, 0) is 14.3 Å². The van der Waals surface area contributed by atoms with Crippen molar-refractivity contribution in [1.82, 2.24) is 0 Å². The van der Waals surface area contributed by atoms with Crippen LogP contribution in [0.5, 0.6) is 0 Å². The molecule has 0 saturated carbocycles. The summed E-state index contributed by atoms with van der Waals surface area (Å²) in [4.78, 5) is 22.9. The average molecular weight is 493 g/mol. The third kappa shape index (κ3) is 25.3. The number of unbranched alkanes of at least 4 members (excludes halogenated alkanes) is 18. The molecule has 0 radical (unpaired) electrons. The summed E-state index contributed by atoms with van der Waals surface area (Å²) in [5.41, 5.74) is 0. The monoisotopic (exact) mass is 492 g/mol. The molecule has 204 valence electrons. The third-order valence-electron chi connectivity index (χ3n) is 6.70. The average Bonchev–Trinajstić information content (AvgIpc) is 2.84. The Hall–Kier alpha value is -1.58. The smallest absolute Gasteiger partial charge is 0.307 e. The minimum Gasteiger partial charge on any atom is -0.481 e. The highest BCUT2D eigenvalue weighted by atomic mass is 16.5. The van der Waals surface area contributed by atoms with E-state index in [9.17, 15) is 14.7 Å². The summed E-state index contributed by atoms with van der Waals surface area (Å²) >= 11 is 0. The molecule has 0 aliphatic heterocycles. The lowest BCUT2D eigenvalue weighted by Crippen LogP contribution is -2.19. The Bertz CT molecular complexity index is 526. The van der Waals surface area contributed by atoms with Crippen molar-refractivity contribution in [1.29, 1.82) is 0 Å².